The molecule has 1 aromatic carbocycles. The zero-order chi connectivity index (χ0) is 15.0. The van der Waals surface area contributed by atoms with Crippen molar-refractivity contribution in [2.75, 3.05) is 27.3 Å². The molecule has 0 amide bonds. The molecule has 0 aromatic heterocycles. The van der Waals surface area contributed by atoms with Crippen LogP contribution in [-0.2, 0) is 0 Å². The van der Waals surface area contributed by atoms with Crippen LogP contribution in [0.5, 0.6) is 11.5 Å². The van der Waals surface area contributed by atoms with Crippen molar-refractivity contribution in [1.82, 2.24) is 4.90 Å². The summed E-state index contributed by atoms with van der Waals surface area (Å²) in [5, 5.41) is 0. The van der Waals surface area contributed by atoms with Crippen LogP contribution >= 0.6 is 15.9 Å². The van der Waals surface area contributed by atoms with Gasteiger partial charge in [-0.3, -0.25) is 4.90 Å². The zero-order valence-corrected chi connectivity index (χ0v) is 14.2. The Morgan fingerprint density at radius 3 is 2.43 bits per heavy atom. The Balaban J connectivity index is 2.00. The van der Waals surface area contributed by atoms with Crippen LogP contribution in [0.2, 0.25) is 0 Å². The summed E-state index contributed by atoms with van der Waals surface area (Å²) in [5.41, 5.74) is 7.29. The Bertz CT molecular complexity index is 519. The normalized spacial score (nSPS) is 26.1. The molecule has 2 aliphatic rings. The third-order valence-corrected chi connectivity index (χ3v) is 5.39. The quantitative estimate of drug-likeness (QED) is 0.882. The maximum absolute atomic E-state index is 6.02. The first-order valence-electron chi connectivity index (χ1n) is 7.56. The van der Waals surface area contributed by atoms with E-state index < -0.39 is 0 Å². The second-order valence-corrected chi connectivity index (χ2v) is 6.78. The van der Waals surface area contributed by atoms with Gasteiger partial charge < -0.3 is 15.2 Å². The van der Waals surface area contributed by atoms with Crippen molar-refractivity contribution >= 4 is 15.9 Å². The highest BCUT2D eigenvalue weighted by Gasteiger charge is 2.43. The van der Waals surface area contributed by atoms with E-state index in [2.05, 4.69) is 26.9 Å². The van der Waals surface area contributed by atoms with E-state index in [4.69, 9.17) is 15.2 Å². The molecule has 116 valence electrons. The first-order valence-corrected chi connectivity index (χ1v) is 8.36. The Morgan fingerprint density at radius 2 is 1.86 bits per heavy atom. The van der Waals surface area contributed by atoms with Crippen molar-refractivity contribution in [3.8, 4) is 11.5 Å². The van der Waals surface area contributed by atoms with Crippen molar-refractivity contribution < 1.29 is 9.47 Å². The van der Waals surface area contributed by atoms with Crippen LogP contribution in [0.3, 0.4) is 0 Å². The third kappa shape index (κ3) is 2.79. The van der Waals surface area contributed by atoms with Crippen molar-refractivity contribution in [2.45, 2.75) is 31.3 Å². The highest BCUT2D eigenvalue weighted by Crippen LogP contribution is 2.47. The number of nitrogens with zero attached hydrogens (tertiary/aromatic N) is 1. The maximum Gasteiger partial charge on any atom is 0.161 e. The summed E-state index contributed by atoms with van der Waals surface area (Å²) in [5.74, 6) is 2.06. The van der Waals surface area contributed by atoms with Gasteiger partial charge in [0.25, 0.3) is 0 Å². The molecule has 0 spiro atoms. The molecule has 1 aromatic rings. The smallest absolute Gasteiger partial charge is 0.161 e. The van der Waals surface area contributed by atoms with E-state index in [9.17, 15) is 0 Å². The fourth-order valence-corrected chi connectivity index (χ4v) is 4.03. The van der Waals surface area contributed by atoms with Crippen LogP contribution in [0.15, 0.2) is 16.6 Å². The van der Waals surface area contributed by atoms with E-state index in [1.54, 1.807) is 14.2 Å². The predicted molar refractivity (Wildman–Crippen MR) is 86.9 cm³/mol. The Hall–Kier alpha value is -0.780. The van der Waals surface area contributed by atoms with Crippen LogP contribution in [0.25, 0.3) is 0 Å². The second kappa shape index (κ2) is 6.15. The highest BCUT2D eigenvalue weighted by atomic mass is 79.9. The number of methoxy groups -OCH3 is 2. The van der Waals surface area contributed by atoms with Gasteiger partial charge in [0.2, 0.25) is 0 Å². The fraction of sp³-hybridized carbons (Fsp3) is 0.625. The minimum atomic E-state index is 0.386. The molecule has 1 aliphatic carbocycles. The molecule has 2 atom stereocenters. The second-order valence-electron chi connectivity index (χ2n) is 5.93. The minimum absolute atomic E-state index is 0.386. The Labute approximate surface area is 134 Å². The van der Waals surface area contributed by atoms with Gasteiger partial charge in [0.15, 0.2) is 11.5 Å². The van der Waals surface area contributed by atoms with Gasteiger partial charge in [0.05, 0.1) is 14.2 Å². The summed E-state index contributed by atoms with van der Waals surface area (Å²) in [6.45, 7) is 1.88. The molecule has 0 radical (unpaired) electrons. The zero-order valence-electron chi connectivity index (χ0n) is 12.6. The minimum Gasteiger partial charge on any atom is -0.493 e. The van der Waals surface area contributed by atoms with Gasteiger partial charge in [0.1, 0.15) is 0 Å². The van der Waals surface area contributed by atoms with Crippen LogP contribution in [-0.4, -0.2) is 38.3 Å². The van der Waals surface area contributed by atoms with E-state index in [-0.39, 0.29) is 0 Å². The van der Waals surface area contributed by atoms with Gasteiger partial charge in [0, 0.05) is 16.6 Å². The average molecular weight is 355 g/mol. The number of hydrogen-bond acceptors (Lipinski definition) is 4. The summed E-state index contributed by atoms with van der Waals surface area (Å²) in [6.07, 6.45) is 3.82. The van der Waals surface area contributed by atoms with Gasteiger partial charge in [-0.2, -0.15) is 0 Å². The molecule has 2 fully saturated rings. The van der Waals surface area contributed by atoms with E-state index in [0.717, 1.165) is 35.1 Å². The number of likely N-dealkylation sites (tertiary alicyclic amines) is 1. The maximum atomic E-state index is 6.02. The van der Waals surface area contributed by atoms with E-state index in [0.29, 0.717) is 12.0 Å². The number of benzene rings is 1. The largest absolute Gasteiger partial charge is 0.493 e. The molecule has 1 aliphatic heterocycles. The Morgan fingerprint density at radius 1 is 1.19 bits per heavy atom. The molecule has 2 unspecified atom stereocenters. The van der Waals surface area contributed by atoms with Crippen molar-refractivity contribution in [3.05, 3.63) is 22.2 Å². The molecule has 0 bridgehead atoms. The van der Waals surface area contributed by atoms with E-state index in [1.165, 1.54) is 24.8 Å². The first kappa shape index (κ1) is 15.1. The molecular formula is C16H23BrN2O2. The van der Waals surface area contributed by atoms with Crippen LogP contribution < -0.4 is 15.2 Å². The van der Waals surface area contributed by atoms with Gasteiger partial charge in [-0.05, 0) is 56.0 Å². The number of hydrogen-bond donors (Lipinski definition) is 1. The monoisotopic (exact) mass is 354 g/mol. The molecule has 21 heavy (non-hydrogen) atoms. The number of ether oxygens (including phenoxy) is 2. The number of halogens is 1. The van der Waals surface area contributed by atoms with Crippen LogP contribution in [0.4, 0.5) is 0 Å². The average Bonchev–Trinajstić information content (AvgIpc) is 3.26. The molecule has 1 heterocycles. The molecule has 3 rings (SSSR count). The SMILES string of the molecule is COc1cc(Br)c(C2C(CN)CCN2C2CC2)cc1OC. The van der Waals surface area contributed by atoms with Crippen molar-refractivity contribution in [1.29, 1.82) is 0 Å². The predicted octanol–water partition coefficient (Wildman–Crippen LogP) is 2.95. The van der Waals surface area contributed by atoms with Crippen LogP contribution in [0, 0.1) is 5.92 Å². The summed E-state index contributed by atoms with van der Waals surface area (Å²) in [6, 6.07) is 5.24. The van der Waals surface area contributed by atoms with E-state index >= 15 is 0 Å². The highest BCUT2D eigenvalue weighted by molar-refractivity contribution is 9.10. The molecule has 4 nitrogen and oxygen atoms in total. The lowest BCUT2D eigenvalue weighted by Gasteiger charge is -2.29. The summed E-state index contributed by atoms with van der Waals surface area (Å²) < 4.78 is 11.9. The Kier molecular flexibility index (Phi) is 4.43. The third-order valence-electron chi connectivity index (χ3n) is 4.70. The standard InChI is InChI=1S/C16H23BrN2O2/c1-20-14-7-12(13(17)8-15(14)21-2)16-10(9-18)5-6-19(16)11-3-4-11/h7-8,10-11,16H,3-6,9,18H2,1-2H3. The number of nitrogens with two attached hydrogens (primary N) is 1. The molecule has 5 heteroatoms. The lowest BCUT2D eigenvalue weighted by molar-refractivity contribution is 0.219. The van der Waals surface area contributed by atoms with Gasteiger partial charge in [-0.15, -0.1) is 0 Å². The lowest BCUT2D eigenvalue weighted by Crippen LogP contribution is -2.30. The number of rotatable bonds is 5. The summed E-state index contributed by atoms with van der Waals surface area (Å²) in [4.78, 5) is 2.63. The topological polar surface area (TPSA) is 47.7 Å². The summed E-state index contributed by atoms with van der Waals surface area (Å²) >= 11 is 3.71. The van der Waals surface area contributed by atoms with Gasteiger partial charge in [-0.1, -0.05) is 15.9 Å². The molecule has 2 N–H and O–H groups in total. The summed E-state index contributed by atoms with van der Waals surface area (Å²) in [7, 11) is 3.35. The van der Waals surface area contributed by atoms with Crippen LogP contribution in [0.1, 0.15) is 30.9 Å². The van der Waals surface area contributed by atoms with Gasteiger partial charge in [-0.25, -0.2) is 0 Å². The molecular weight excluding hydrogens is 332 g/mol. The van der Waals surface area contributed by atoms with E-state index in [1.807, 2.05) is 6.07 Å². The molecule has 1 saturated carbocycles. The fourth-order valence-electron chi connectivity index (χ4n) is 3.47. The van der Waals surface area contributed by atoms with Crippen molar-refractivity contribution in [2.24, 2.45) is 11.7 Å². The van der Waals surface area contributed by atoms with Crippen molar-refractivity contribution in [3.63, 3.8) is 0 Å². The molecule has 1 saturated heterocycles. The van der Waals surface area contributed by atoms with Gasteiger partial charge >= 0.3 is 0 Å². The lowest BCUT2D eigenvalue weighted by atomic mass is 9.93. The first-order chi connectivity index (χ1) is 10.2.